The van der Waals surface area contributed by atoms with Crippen LogP contribution in [-0.4, -0.2) is 44.4 Å². The quantitative estimate of drug-likeness (QED) is 0.353. The van der Waals surface area contributed by atoms with Gasteiger partial charge in [-0.05, 0) is 6.92 Å². The first kappa shape index (κ1) is 12.5. The summed E-state index contributed by atoms with van der Waals surface area (Å²) in [6.45, 7) is 1.21. The van der Waals surface area contributed by atoms with Gasteiger partial charge in [0, 0.05) is 0 Å². The summed E-state index contributed by atoms with van der Waals surface area (Å²) in [5.41, 5.74) is 0. The molecule has 0 aromatic heterocycles. The van der Waals surface area contributed by atoms with Crippen LogP contribution in [0.15, 0.2) is 0 Å². The summed E-state index contributed by atoms with van der Waals surface area (Å²) in [6.07, 6.45) is -1.99. The highest BCUT2D eigenvalue weighted by Gasteiger charge is 2.25. The molecule has 7 nitrogen and oxygen atoms in total. The number of rotatable bonds is 5. The van der Waals surface area contributed by atoms with Crippen molar-refractivity contribution >= 4 is 13.6 Å². The number of hydrogen-bond donors (Lipinski definition) is 5. The summed E-state index contributed by atoms with van der Waals surface area (Å²) in [5, 5.41) is 19.4. The summed E-state index contributed by atoms with van der Waals surface area (Å²) >= 11 is 0. The van der Waals surface area contributed by atoms with E-state index >= 15 is 0 Å². The van der Waals surface area contributed by atoms with Gasteiger partial charge in [-0.25, -0.2) is 0 Å². The molecular formula is C5H12NO6P. The van der Waals surface area contributed by atoms with Gasteiger partial charge in [0.15, 0.2) is 0 Å². The molecule has 0 bridgehead atoms. The molecule has 0 heterocycles. The van der Waals surface area contributed by atoms with Crippen molar-refractivity contribution in [2.75, 3.05) is 6.29 Å². The molecule has 0 aliphatic carbocycles. The lowest BCUT2D eigenvalue weighted by Gasteiger charge is -2.16. The smallest absolute Gasteiger partial charge is 0.339 e. The number of carbonyl (C=O) groups is 1. The van der Waals surface area contributed by atoms with Crippen LogP contribution in [0.2, 0.25) is 0 Å². The van der Waals surface area contributed by atoms with E-state index in [1.807, 2.05) is 5.32 Å². The van der Waals surface area contributed by atoms with E-state index in [-0.39, 0.29) is 0 Å². The molecular weight excluding hydrogens is 201 g/mol. The zero-order chi connectivity index (χ0) is 10.6. The SMILES string of the molecule is CC(O)C(NCP(=O)(O)O)C(=O)O. The second kappa shape index (κ2) is 4.69. The Bertz CT molecular complexity index is 223. The first-order valence-electron chi connectivity index (χ1n) is 3.43. The van der Waals surface area contributed by atoms with Gasteiger partial charge in [0.05, 0.1) is 12.4 Å². The van der Waals surface area contributed by atoms with Gasteiger partial charge in [-0.3, -0.25) is 14.7 Å². The molecule has 0 spiro atoms. The molecule has 0 radical (unpaired) electrons. The van der Waals surface area contributed by atoms with E-state index in [0.717, 1.165) is 0 Å². The zero-order valence-electron chi connectivity index (χ0n) is 6.91. The van der Waals surface area contributed by atoms with Crippen LogP contribution in [0.3, 0.4) is 0 Å². The van der Waals surface area contributed by atoms with Gasteiger partial charge in [0.1, 0.15) is 6.04 Å². The molecule has 0 amide bonds. The van der Waals surface area contributed by atoms with Crippen LogP contribution >= 0.6 is 7.60 Å². The average molecular weight is 213 g/mol. The predicted molar refractivity (Wildman–Crippen MR) is 43.2 cm³/mol. The van der Waals surface area contributed by atoms with Gasteiger partial charge >= 0.3 is 13.6 Å². The third-order valence-electron chi connectivity index (χ3n) is 1.27. The maximum atomic E-state index is 10.4. The molecule has 0 aromatic carbocycles. The van der Waals surface area contributed by atoms with Crippen LogP contribution in [0.5, 0.6) is 0 Å². The average Bonchev–Trinajstić information content (AvgIpc) is 1.82. The molecule has 0 aliphatic heterocycles. The number of carboxylic acids is 1. The Morgan fingerprint density at radius 3 is 2.23 bits per heavy atom. The fourth-order valence-corrected chi connectivity index (χ4v) is 1.12. The first-order chi connectivity index (χ1) is 5.74. The summed E-state index contributed by atoms with van der Waals surface area (Å²) in [6, 6.07) is -1.37. The van der Waals surface area contributed by atoms with E-state index in [1.165, 1.54) is 6.92 Å². The van der Waals surface area contributed by atoms with Gasteiger partial charge in [-0.2, -0.15) is 0 Å². The fraction of sp³-hybridized carbons (Fsp3) is 0.800. The fourth-order valence-electron chi connectivity index (χ4n) is 0.681. The highest BCUT2D eigenvalue weighted by Crippen LogP contribution is 2.32. The van der Waals surface area contributed by atoms with Crippen molar-refractivity contribution in [1.29, 1.82) is 0 Å². The molecule has 13 heavy (non-hydrogen) atoms. The monoisotopic (exact) mass is 213 g/mol. The van der Waals surface area contributed by atoms with E-state index in [4.69, 9.17) is 20.0 Å². The van der Waals surface area contributed by atoms with Crippen molar-refractivity contribution in [3.05, 3.63) is 0 Å². The molecule has 8 heteroatoms. The second-order valence-corrected chi connectivity index (χ2v) is 4.23. The Morgan fingerprint density at radius 2 is 2.00 bits per heavy atom. The molecule has 0 fully saturated rings. The van der Waals surface area contributed by atoms with E-state index in [0.29, 0.717) is 0 Å². The topological polar surface area (TPSA) is 127 Å². The lowest BCUT2D eigenvalue weighted by molar-refractivity contribution is -0.142. The van der Waals surface area contributed by atoms with E-state index in [1.54, 1.807) is 0 Å². The van der Waals surface area contributed by atoms with Crippen LogP contribution in [0, 0.1) is 0 Å². The first-order valence-corrected chi connectivity index (χ1v) is 5.22. The largest absolute Gasteiger partial charge is 0.480 e. The van der Waals surface area contributed by atoms with Gasteiger partial charge in [-0.15, -0.1) is 0 Å². The Morgan fingerprint density at radius 1 is 1.54 bits per heavy atom. The van der Waals surface area contributed by atoms with Crippen molar-refractivity contribution < 1.29 is 29.4 Å². The minimum absolute atomic E-state index is 0.769. The summed E-state index contributed by atoms with van der Waals surface area (Å²) < 4.78 is 10.3. The number of hydrogen-bond acceptors (Lipinski definition) is 4. The predicted octanol–water partition coefficient (Wildman–Crippen LogP) is -1.45. The normalized spacial score (nSPS) is 16.6. The number of aliphatic hydroxyl groups is 1. The zero-order valence-corrected chi connectivity index (χ0v) is 7.81. The number of aliphatic carboxylic acids is 1. The van der Waals surface area contributed by atoms with Crippen molar-refractivity contribution in [1.82, 2.24) is 5.32 Å². The van der Waals surface area contributed by atoms with Gasteiger partial charge in [-0.1, -0.05) is 0 Å². The van der Waals surface area contributed by atoms with E-state index in [2.05, 4.69) is 0 Å². The lowest BCUT2D eigenvalue weighted by atomic mass is 10.2. The van der Waals surface area contributed by atoms with Crippen molar-refractivity contribution in [2.24, 2.45) is 0 Å². The van der Waals surface area contributed by atoms with Crippen LogP contribution in [-0.2, 0) is 9.36 Å². The summed E-state index contributed by atoms with van der Waals surface area (Å²) in [5.74, 6) is -1.36. The summed E-state index contributed by atoms with van der Waals surface area (Å²) in [4.78, 5) is 27.2. The molecule has 2 unspecified atom stereocenters. The Kier molecular flexibility index (Phi) is 4.52. The third-order valence-corrected chi connectivity index (χ3v) is 1.86. The Labute approximate surface area is 74.6 Å². The van der Waals surface area contributed by atoms with Crippen LogP contribution < -0.4 is 5.32 Å². The maximum absolute atomic E-state index is 10.4. The minimum atomic E-state index is -4.28. The molecule has 0 saturated heterocycles. The van der Waals surface area contributed by atoms with Gasteiger partial charge in [0.25, 0.3) is 0 Å². The number of aliphatic hydroxyl groups excluding tert-OH is 1. The molecule has 2 atom stereocenters. The van der Waals surface area contributed by atoms with Crippen LogP contribution in [0.4, 0.5) is 0 Å². The van der Waals surface area contributed by atoms with Crippen LogP contribution in [0.1, 0.15) is 6.92 Å². The Balaban J connectivity index is 4.14. The third kappa shape index (κ3) is 5.73. The maximum Gasteiger partial charge on any atom is 0.339 e. The van der Waals surface area contributed by atoms with Gasteiger partial charge in [0.2, 0.25) is 0 Å². The molecule has 0 rings (SSSR count). The van der Waals surface area contributed by atoms with Crippen LogP contribution in [0.25, 0.3) is 0 Å². The molecule has 0 aliphatic rings. The van der Waals surface area contributed by atoms with E-state index < -0.39 is 32.0 Å². The number of nitrogens with one attached hydrogen (secondary N) is 1. The Hall–Kier alpha value is -0.460. The van der Waals surface area contributed by atoms with E-state index in [9.17, 15) is 9.36 Å². The number of carboxylic acid groups (broad SMARTS) is 1. The molecule has 0 aromatic rings. The minimum Gasteiger partial charge on any atom is -0.480 e. The summed E-state index contributed by atoms with van der Waals surface area (Å²) in [7, 11) is -4.28. The highest BCUT2D eigenvalue weighted by molar-refractivity contribution is 7.51. The van der Waals surface area contributed by atoms with Crippen molar-refractivity contribution in [3.63, 3.8) is 0 Å². The molecule has 78 valence electrons. The molecule has 0 saturated carbocycles. The molecule has 5 N–H and O–H groups in total. The van der Waals surface area contributed by atoms with Crippen molar-refractivity contribution in [3.8, 4) is 0 Å². The highest BCUT2D eigenvalue weighted by atomic mass is 31.2. The standard InChI is InChI=1S/C5H12NO6P/c1-3(7)4(5(8)9)6-2-13(10,11)12/h3-4,6-7H,2H2,1H3,(H,8,9)(H2,10,11,12). The van der Waals surface area contributed by atoms with Gasteiger partial charge < -0.3 is 20.0 Å². The van der Waals surface area contributed by atoms with Crippen molar-refractivity contribution in [2.45, 2.75) is 19.1 Å². The second-order valence-electron chi connectivity index (χ2n) is 2.58. The lowest BCUT2D eigenvalue weighted by Crippen LogP contribution is -2.45.